The molecule has 0 aliphatic rings. The van der Waals surface area contributed by atoms with Gasteiger partial charge in [0, 0.05) is 0 Å². The molecule has 0 unspecified atom stereocenters. The number of carbonyl (C=O) groups is 1. The number of esters is 1. The van der Waals surface area contributed by atoms with Crippen molar-refractivity contribution in [3.8, 4) is 11.5 Å². The molecule has 0 spiro atoms. The maximum absolute atomic E-state index is 11.5. The van der Waals surface area contributed by atoms with Crippen molar-refractivity contribution in [1.82, 2.24) is 0 Å². The molecule has 0 aliphatic carbocycles. The standard InChI is InChI=1S/C10H11BO4/c1-13-7-4-6(11)5-8(14-2)9(7)10(12)15-3/h4-5H,1-3H3. The van der Waals surface area contributed by atoms with E-state index in [-0.39, 0.29) is 5.56 Å². The topological polar surface area (TPSA) is 44.8 Å². The molecule has 5 heteroatoms. The average molecular weight is 206 g/mol. The van der Waals surface area contributed by atoms with Crippen LogP contribution in [0.5, 0.6) is 11.5 Å². The van der Waals surface area contributed by atoms with Crippen LogP contribution < -0.4 is 14.9 Å². The summed E-state index contributed by atoms with van der Waals surface area (Å²) in [4.78, 5) is 11.5. The van der Waals surface area contributed by atoms with Gasteiger partial charge in [0.05, 0.1) is 21.3 Å². The number of ether oxygens (including phenoxy) is 3. The van der Waals surface area contributed by atoms with Crippen LogP contribution in [-0.4, -0.2) is 35.1 Å². The summed E-state index contributed by atoms with van der Waals surface area (Å²) >= 11 is 0. The smallest absolute Gasteiger partial charge is 0.345 e. The van der Waals surface area contributed by atoms with E-state index in [1.54, 1.807) is 0 Å². The molecule has 0 aliphatic heterocycles. The molecule has 78 valence electrons. The fourth-order valence-electron chi connectivity index (χ4n) is 1.24. The fourth-order valence-corrected chi connectivity index (χ4v) is 1.24. The maximum Gasteiger partial charge on any atom is 0.345 e. The fraction of sp³-hybridized carbons (Fsp3) is 0.300. The van der Waals surface area contributed by atoms with Crippen molar-refractivity contribution < 1.29 is 19.0 Å². The molecular formula is C10H11BO4. The Kier molecular flexibility index (Phi) is 3.60. The molecule has 0 saturated carbocycles. The highest BCUT2D eigenvalue weighted by molar-refractivity contribution is 6.32. The van der Waals surface area contributed by atoms with Crippen LogP contribution in [0.4, 0.5) is 0 Å². The van der Waals surface area contributed by atoms with Crippen molar-refractivity contribution in [3.05, 3.63) is 17.7 Å². The van der Waals surface area contributed by atoms with Gasteiger partial charge in [-0.3, -0.25) is 0 Å². The Hall–Kier alpha value is -1.65. The first-order valence-corrected chi connectivity index (χ1v) is 4.23. The van der Waals surface area contributed by atoms with Crippen molar-refractivity contribution in [3.63, 3.8) is 0 Å². The molecule has 0 aromatic heterocycles. The molecule has 0 bridgehead atoms. The predicted molar refractivity (Wildman–Crippen MR) is 56.3 cm³/mol. The van der Waals surface area contributed by atoms with E-state index in [0.29, 0.717) is 17.0 Å². The van der Waals surface area contributed by atoms with Gasteiger partial charge >= 0.3 is 5.97 Å². The lowest BCUT2D eigenvalue weighted by Gasteiger charge is -2.12. The third-order valence-electron chi connectivity index (χ3n) is 1.92. The lowest BCUT2D eigenvalue weighted by atomic mass is 9.94. The second-order valence-electron chi connectivity index (χ2n) is 2.79. The zero-order valence-corrected chi connectivity index (χ0v) is 8.87. The molecule has 4 nitrogen and oxygen atoms in total. The first kappa shape index (κ1) is 11.4. The van der Waals surface area contributed by atoms with Crippen LogP contribution in [0.3, 0.4) is 0 Å². The van der Waals surface area contributed by atoms with Crippen LogP contribution in [-0.2, 0) is 4.74 Å². The first-order chi connectivity index (χ1) is 7.13. The van der Waals surface area contributed by atoms with E-state index in [2.05, 4.69) is 4.74 Å². The van der Waals surface area contributed by atoms with E-state index in [4.69, 9.17) is 17.3 Å². The Labute approximate surface area is 89.5 Å². The minimum absolute atomic E-state index is 0.233. The molecule has 0 fully saturated rings. The third-order valence-corrected chi connectivity index (χ3v) is 1.92. The summed E-state index contributed by atoms with van der Waals surface area (Å²) < 4.78 is 14.7. The molecule has 1 aromatic carbocycles. The van der Waals surface area contributed by atoms with Crippen LogP contribution in [0, 0.1) is 0 Å². The average Bonchev–Trinajstić information content (AvgIpc) is 2.26. The van der Waals surface area contributed by atoms with Gasteiger partial charge in [0.15, 0.2) is 0 Å². The van der Waals surface area contributed by atoms with Crippen LogP contribution in [0.25, 0.3) is 0 Å². The van der Waals surface area contributed by atoms with Gasteiger partial charge in [-0.2, -0.15) is 0 Å². The highest BCUT2D eigenvalue weighted by atomic mass is 16.5. The van der Waals surface area contributed by atoms with Gasteiger partial charge in [0.1, 0.15) is 24.9 Å². The molecule has 0 atom stereocenters. The van der Waals surface area contributed by atoms with E-state index in [0.717, 1.165) is 0 Å². The molecule has 15 heavy (non-hydrogen) atoms. The normalized spacial score (nSPS) is 9.53. The van der Waals surface area contributed by atoms with Crippen LogP contribution in [0.15, 0.2) is 12.1 Å². The van der Waals surface area contributed by atoms with Gasteiger partial charge in [0.25, 0.3) is 0 Å². The predicted octanol–water partition coefficient (Wildman–Crippen LogP) is 0.284. The summed E-state index contributed by atoms with van der Waals surface area (Å²) in [6.45, 7) is 0. The van der Waals surface area contributed by atoms with Gasteiger partial charge in [-0.05, 0) is 12.1 Å². The Morgan fingerprint density at radius 2 is 1.60 bits per heavy atom. The summed E-state index contributed by atoms with van der Waals surface area (Å²) in [6, 6.07) is 3.07. The minimum Gasteiger partial charge on any atom is -0.496 e. The number of rotatable bonds is 3. The zero-order valence-electron chi connectivity index (χ0n) is 8.87. The van der Waals surface area contributed by atoms with E-state index < -0.39 is 5.97 Å². The summed E-state index contributed by atoms with van der Waals surface area (Å²) in [5.41, 5.74) is 0.688. The van der Waals surface area contributed by atoms with Gasteiger partial charge < -0.3 is 14.2 Å². The molecule has 0 N–H and O–H groups in total. The van der Waals surface area contributed by atoms with Crippen LogP contribution in [0.1, 0.15) is 10.4 Å². The molecule has 0 amide bonds. The summed E-state index contributed by atoms with van der Waals surface area (Å²) in [7, 11) is 9.79. The van der Waals surface area contributed by atoms with Crippen molar-refractivity contribution >= 4 is 19.3 Å². The summed E-state index contributed by atoms with van der Waals surface area (Å²) in [6.07, 6.45) is 0. The quantitative estimate of drug-likeness (QED) is 0.526. The van der Waals surface area contributed by atoms with Crippen LogP contribution >= 0.6 is 0 Å². The Morgan fingerprint density at radius 1 is 1.13 bits per heavy atom. The SMILES string of the molecule is [B]c1cc(OC)c(C(=O)OC)c(OC)c1. The van der Waals surface area contributed by atoms with E-state index in [9.17, 15) is 4.79 Å². The van der Waals surface area contributed by atoms with Gasteiger partial charge in [-0.15, -0.1) is 0 Å². The molecule has 2 radical (unpaired) electrons. The van der Waals surface area contributed by atoms with Gasteiger partial charge in [-0.1, -0.05) is 5.46 Å². The first-order valence-electron chi connectivity index (χ1n) is 4.23. The van der Waals surface area contributed by atoms with E-state index in [1.165, 1.54) is 33.5 Å². The van der Waals surface area contributed by atoms with Crippen molar-refractivity contribution in [2.45, 2.75) is 0 Å². The maximum atomic E-state index is 11.5. The highest BCUT2D eigenvalue weighted by Crippen LogP contribution is 2.27. The van der Waals surface area contributed by atoms with Gasteiger partial charge in [0.2, 0.25) is 0 Å². The summed E-state index contributed by atoms with van der Waals surface area (Å²) in [5, 5.41) is 0. The summed E-state index contributed by atoms with van der Waals surface area (Å²) in [5.74, 6) is 0.140. The molecule has 1 rings (SSSR count). The molecule has 1 aromatic rings. The second kappa shape index (κ2) is 4.73. The van der Waals surface area contributed by atoms with Crippen molar-refractivity contribution in [2.24, 2.45) is 0 Å². The van der Waals surface area contributed by atoms with Crippen molar-refractivity contribution in [2.75, 3.05) is 21.3 Å². The number of hydrogen-bond donors (Lipinski definition) is 0. The molecular weight excluding hydrogens is 195 g/mol. The highest BCUT2D eigenvalue weighted by Gasteiger charge is 2.19. The number of benzene rings is 1. The van der Waals surface area contributed by atoms with Crippen molar-refractivity contribution in [1.29, 1.82) is 0 Å². The number of methoxy groups -OCH3 is 3. The monoisotopic (exact) mass is 206 g/mol. The van der Waals surface area contributed by atoms with E-state index in [1.807, 2.05) is 0 Å². The Bertz CT molecular complexity index is 351. The number of carbonyl (C=O) groups excluding carboxylic acids is 1. The molecule has 0 saturated heterocycles. The third kappa shape index (κ3) is 2.23. The lowest BCUT2D eigenvalue weighted by Crippen LogP contribution is -2.12. The van der Waals surface area contributed by atoms with E-state index >= 15 is 0 Å². The van der Waals surface area contributed by atoms with Crippen LogP contribution in [0.2, 0.25) is 0 Å². The Morgan fingerprint density at radius 3 is 1.93 bits per heavy atom. The van der Waals surface area contributed by atoms with Gasteiger partial charge in [-0.25, -0.2) is 4.79 Å². The Balaban J connectivity index is 3.36. The minimum atomic E-state index is -0.524. The largest absolute Gasteiger partial charge is 0.496 e. The molecule has 0 heterocycles. The number of hydrogen-bond acceptors (Lipinski definition) is 4. The second-order valence-corrected chi connectivity index (χ2v) is 2.79. The zero-order chi connectivity index (χ0) is 11.4. The lowest BCUT2D eigenvalue weighted by molar-refractivity contribution is 0.0593.